The van der Waals surface area contributed by atoms with Crippen LogP contribution in [0.3, 0.4) is 0 Å². The third-order valence-electron chi connectivity index (χ3n) is 4.06. The predicted molar refractivity (Wildman–Crippen MR) is 65.6 cm³/mol. The van der Waals surface area contributed by atoms with Gasteiger partial charge >= 0.3 is 0 Å². The summed E-state index contributed by atoms with van der Waals surface area (Å²) in [6.07, 6.45) is 3.33. The molecule has 0 aromatic rings. The zero-order valence-electron chi connectivity index (χ0n) is 10.7. The van der Waals surface area contributed by atoms with Gasteiger partial charge in [-0.05, 0) is 32.6 Å². The van der Waals surface area contributed by atoms with E-state index in [1.165, 1.54) is 0 Å². The Morgan fingerprint density at radius 1 is 1.53 bits per heavy atom. The maximum atomic E-state index is 11.3. The zero-order chi connectivity index (χ0) is 12.4. The van der Waals surface area contributed by atoms with E-state index in [2.05, 4.69) is 17.1 Å². The summed E-state index contributed by atoms with van der Waals surface area (Å²) in [6, 6.07) is 0.711. The van der Waals surface area contributed by atoms with Gasteiger partial charge in [0.15, 0.2) is 0 Å². The van der Waals surface area contributed by atoms with Gasteiger partial charge in [-0.3, -0.25) is 14.5 Å². The van der Waals surface area contributed by atoms with E-state index in [1.807, 2.05) is 0 Å². The van der Waals surface area contributed by atoms with Crippen molar-refractivity contribution in [3.8, 4) is 0 Å². The van der Waals surface area contributed by atoms with E-state index in [4.69, 9.17) is 0 Å². The van der Waals surface area contributed by atoms with Crippen molar-refractivity contribution in [3.05, 3.63) is 0 Å². The van der Waals surface area contributed by atoms with Crippen LogP contribution in [0.4, 0.5) is 0 Å². The smallest absolute Gasteiger partial charge is 0.220 e. The summed E-state index contributed by atoms with van der Waals surface area (Å²) >= 11 is 0. The summed E-state index contributed by atoms with van der Waals surface area (Å²) in [6.45, 7) is 5.81. The van der Waals surface area contributed by atoms with Crippen LogP contribution < -0.4 is 5.32 Å². The molecule has 0 saturated carbocycles. The molecule has 0 aliphatic carbocycles. The van der Waals surface area contributed by atoms with Gasteiger partial charge in [0.2, 0.25) is 5.91 Å². The van der Waals surface area contributed by atoms with Crippen LogP contribution in [0.15, 0.2) is 0 Å². The fourth-order valence-corrected chi connectivity index (χ4v) is 3.08. The Bertz CT molecular complexity index is 317. The first-order valence-corrected chi connectivity index (χ1v) is 6.59. The van der Waals surface area contributed by atoms with Crippen molar-refractivity contribution in [2.75, 3.05) is 13.1 Å². The number of rotatable bonds is 3. The average Bonchev–Trinajstić information content (AvgIpc) is 2.27. The molecule has 17 heavy (non-hydrogen) atoms. The predicted octanol–water partition coefficient (Wildman–Crippen LogP) is 0.954. The van der Waals surface area contributed by atoms with Crippen molar-refractivity contribution in [2.24, 2.45) is 5.92 Å². The lowest BCUT2D eigenvalue weighted by Gasteiger charge is -2.43. The van der Waals surface area contributed by atoms with Crippen LogP contribution in [0.1, 0.15) is 39.5 Å². The summed E-state index contributed by atoms with van der Waals surface area (Å²) in [5, 5.41) is 3.09. The highest BCUT2D eigenvalue weighted by atomic mass is 16.1. The van der Waals surface area contributed by atoms with Crippen LogP contribution in [-0.2, 0) is 9.59 Å². The first-order chi connectivity index (χ1) is 8.06. The molecule has 0 aromatic heterocycles. The number of hydrogen-bond acceptors (Lipinski definition) is 3. The van der Waals surface area contributed by atoms with E-state index in [-0.39, 0.29) is 11.7 Å². The second-order valence-electron chi connectivity index (χ2n) is 5.51. The summed E-state index contributed by atoms with van der Waals surface area (Å²) in [4.78, 5) is 24.9. The van der Waals surface area contributed by atoms with Gasteiger partial charge in [0.25, 0.3) is 0 Å². The van der Waals surface area contributed by atoms with Gasteiger partial charge < -0.3 is 5.32 Å². The van der Waals surface area contributed by atoms with Crippen LogP contribution >= 0.6 is 0 Å². The molecule has 2 heterocycles. The van der Waals surface area contributed by atoms with E-state index in [1.54, 1.807) is 6.92 Å². The molecule has 0 aromatic carbocycles. The normalized spacial score (nSPS) is 31.5. The Hall–Kier alpha value is -0.900. The van der Waals surface area contributed by atoms with Crippen LogP contribution in [-0.4, -0.2) is 41.8 Å². The van der Waals surface area contributed by atoms with Crippen molar-refractivity contribution < 1.29 is 9.59 Å². The standard InChI is InChI=1S/C13H22N2O2/c1-9(7-10(2)16)15-6-5-12-11(8-15)3-4-13(17)14-12/h9,11-12H,3-8H2,1-2H3,(H,14,17). The molecule has 96 valence electrons. The van der Waals surface area contributed by atoms with E-state index >= 15 is 0 Å². The summed E-state index contributed by atoms with van der Waals surface area (Å²) in [5.74, 6) is 1.05. The minimum absolute atomic E-state index is 0.205. The van der Waals surface area contributed by atoms with Gasteiger partial charge in [-0.2, -0.15) is 0 Å². The summed E-state index contributed by atoms with van der Waals surface area (Å²) in [7, 11) is 0. The second-order valence-corrected chi connectivity index (χ2v) is 5.51. The van der Waals surface area contributed by atoms with Crippen LogP contribution in [0.5, 0.6) is 0 Å². The molecule has 4 heteroatoms. The highest BCUT2D eigenvalue weighted by Gasteiger charge is 2.35. The number of piperidine rings is 2. The lowest BCUT2D eigenvalue weighted by atomic mass is 9.84. The number of fused-ring (bicyclic) bond motifs is 1. The maximum Gasteiger partial charge on any atom is 0.220 e. The number of likely N-dealkylation sites (tertiary alicyclic amines) is 1. The molecular weight excluding hydrogens is 216 g/mol. The van der Waals surface area contributed by atoms with Gasteiger partial charge in [-0.25, -0.2) is 0 Å². The van der Waals surface area contributed by atoms with Crippen molar-refractivity contribution >= 4 is 11.7 Å². The van der Waals surface area contributed by atoms with E-state index in [0.29, 0.717) is 30.8 Å². The number of nitrogens with one attached hydrogen (secondary N) is 1. The molecule has 0 bridgehead atoms. The van der Waals surface area contributed by atoms with Gasteiger partial charge in [0.1, 0.15) is 5.78 Å². The van der Waals surface area contributed by atoms with Crippen molar-refractivity contribution in [2.45, 2.75) is 51.6 Å². The molecule has 0 spiro atoms. The molecule has 1 amide bonds. The number of carbonyl (C=O) groups is 2. The summed E-state index contributed by atoms with van der Waals surface area (Å²) < 4.78 is 0. The molecule has 2 saturated heterocycles. The number of amides is 1. The molecule has 2 aliphatic rings. The third kappa shape index (κ3) is 3.06. The average molecular weight is 238 g/mol. The fraction of sp³-hybridized carbons (Fsp3) is 0.846. The van der Waals surface area contributed by atoms with Gasteiger partial charge in [-0.15, -0.1) is 0 Å². The minimum Gasteiger partial charge on any atom is -0.353 e. The molecule has 2 rings (SSSR count). The SMILES string of the molecule is CC(=O)CC(C)N1CCC2NC(=O)CCC2C1. The van der Waals surface area contributed by atoms with Crippen LogP contribution in [0.2, 0.25) is 0 Å². The molecule has 1 N–H and O–H groups in total. The van der Waals surface area contributed by atoms with Crippen molar-refractivity contribution in [1.29, 1.82) is 0 Å². The number of carbonyl (C=O) groups excluding carboxylic acids is 2. The second kappa shape index (κ2) is 5.17. The topological polar surface area (TPSA) is 49.4 Å². The highest BCUT2D eigenvalue weighted by Crippen LogP contribution is 2.26. The Kier molecular flexibility index (Phi) is 3.82. The monoisotopic (exact) mass is 238 g/mol. The molecule has 3 atom stereocenters. The van der Waals surface area contributed by atoms with Crippen molar-refractivity contribution in [3.63, 3.8) is 0 Å². The van der Waals surface area contributed by atoms with Crippen molar-refractivity contribution in [1.82, 2.24) is 10.2 Å². The first kappa shape index (κ1) is 12.6. The highest BCUT2D eigenvalue weighted by molar-refractivity contribution is 5.77. The quantitative estimate of drug-likeness (QED) is 0.796. The fourth-order valence-electron chi connectivity index (χ4n) is 3.08. The third-order valence-corrected chi connectivity index (χ3v) is 4.06. The molecule has 2 aliphatic heterocycles. The van der Waals surface area contributed by atoms with E-state index in [9.17, 15) is 9.59 Å². The van der Waals surface area contributed by atoms with E-state index in [0.717, 1.165) is 25.9 Å². The number of hydrogen-bond donors (Lipinski definition) is 1. The zero-order valence-corrected chi connectivity index (χ0v) is 10.7. The summed E-state index contributed by atoms with van der Waals surface area (Å²) in [5.41, 5.74) is 0. The first-order valence-electron chi connectivity index (χ1n) is 6.59. The number of nitrogens with zero attached hydrogens (tertiary/aromatic N) is 1. The molecule has 2 fully saturated rings. The van der Waals surface area contributed by atoms with Gasteiger partial charge in [0, 0.05) is 38.0 Å². The maximum absolute atomic E-state index is 11.3. The minimum atomic E-state index is 0.205. The largest absolute Gasteiger partial charge is 0.353 e. The molecule has 0 radical (unpaired) electrons. The molecule has 4 nitrogen and oxygen atoms in total. The molecular formula is C13H22N2O2. The Balaban J connectivity index is 1.89. The number of ketones is 1. The Morgan fingerprint density at radius 3 is 3.00 bits per heavy atom. The number of Topliss-reactive ketones (excluding diaryl/α,β-unsaturated/α-hetero) is 1. The molecule has 3 unspecified atom stereocenters. The van der Waals surface area contributed by atoms with Gasteiger partial charge in [0.05, 0.1) is 0 Å². The van der Waals surface area contributed by atoms with Crippen LogP contribution in [0, 0.1) is 5.92 Å². The Labute approximate surface area is 103 Å². The van der Waals surface area contributed by atoms with E-state index < -0.39 is 0 Å². The van der Waals surface area contributed by atoms with Gasteiger partial charge in [-0.1, -0.05) is 0 Å². The van der Waals surface area contributed by atoms with Crippen LogP contribution in [0.25, 0.3) is 0 Å². The lowest BCUT2D eigenvalue weighted by Crippen LogP contribution is -2.55. The lowest BCUT2D eigenvalue weighted by molar-refractivity contribution is -0.125. The Morgan fingerprint density at radius 2 is 2.29 bits per heavy atom.